The van der Waals surface area contributed by atoms with Crippen molar-refractivity contribution >= 4 is 33.9 Å². The van der Waals surface area contributed by atoms with Crippen LogP contribution in [0.15, 0.2) is 53.3 Å². The van der Waals surface area contributed by atoms with Crippen molar-refractivity contribution in [3.8, 4) is 0 Å². The van der Waals surface area contributed by atoms with Gasteiger partial charge in [-0.25, -0.2) is 0 Å². The van der Waals surface area contributed by atoms with Crippen LogP contribution in [0.1, 0.15) is 37.0 Å². The summed E-state index contributed by atoms with van der Waals surface area (Å²) in [4.78, 5) is 20.5. The number of H-pyrrole nitrogens is 1. The van der Waals surface area contributed by atoms with E-state index < -0.39 is 0 Å². The van der Waals surface area contributed by atoms with E-state index in [2.05, 4.69) is 46.9 Å². The zero-order valence-electron chi connectivity index (χ0n) is 19.6. The lowest BCUT2D eigenvalue weighted by Gasteiger charge is -2.27. The molecule has 2 aromatic carbocycles. The Balaban J connectivity index is 1.84. The zero-order chi connectivity index (χ0) is 23.1. The van der Waals surface area contributed by atoms with Crippen LogP contribution >= 0.6 is 12.2 Å². The maximum Gasteiger partial charge on any atom is 0.253 e. The quantitative estimate of drug-likeness (QED) is 0.446. The lowest BCUT2D eigenvalue weighted by atomic mass is 10.0. The molecule has 0 saturated heterocycles. The highest BCUT2D eigenvalue weighted by Gasteiger charge is 2.15. The summed E-state index contributed by atoms with van der Waals surface area (Å²) < 4.78 is 0. The van der Waals surface area contributed by atoms with Gasteiger partial charge in [0.1, 0.15) is 0 Å². The van der Waals surface area contributed by atoms with E-state index in [4.69, 9.17) is 12.2 Å². The molecule has 0 radical (unpaired) electrons. The summed E-state index contributed by atoms with van der Waals surface area (Å²) in [5, 5.41) is 5.05. The molecule has 0 unspecified atom stereocenters. The van der Waals surface area contributed by atoms with E-state index in [0.29, 0.717) is 11.7 Å². The fourth-order valence-corrected chi connectivity index (χ4v) is 4.31. The van der Waals surface area contributed by atoms with Gasteiger partial charge < -0.3 is 20.1 Å². The summed E-state index contributed by atoms with van der Waals surface area (Å²) >= 11 is 5.76. The van der Waals surface area contributed by atoms with E-state index in [1.807, 2.05) is 49.4 Å². The fourth-order valence-electron chi connectivity index (χ4n) is 4.04. The van der Waals surface area contributed by atoms with Gasteiger partial charge in [0.15, 0.2) is 5.11 Å². The number of anilines is 1. The summed E-state index contributed by atoms with van der Waals surface area (Å²) in [5.41, 5.74) is 4.81. The van der Waals surface area contributed by atoms with Crippen molar-refractivity contribution in [3.63, 3.8) is 0 Å². The Bertz CT molecular complexity index is 1110. The van der Waals surface area contributed by atoms with E-state index >= 15 is 0 Å². The van der Waals surface area contributed by atoms with Gasteiger partial charge in [-0.3, -0.25) is 4.79 Å². The summed E-state index contributed by atoms with van der Waals surface area (Å²) in [6, 6.07) is 16.1. The minimum Gasteiger partial charge on any atom is -0.344 e. The fraction of sp³-hybridized carbons (Fsp3) is 0.385. The zero-order valence-corrected chi connectivity index (χ0v) is 20.4. The van der Waals surface area contributed by atoms with Crippen LogP contribution in [0.4, 0.5) is 5.69 Å². The van der Waals surface area contributed by atoms with Crippen molar-refractivity contribution in [2.75, 3.05) is 31.5 Å². The molecule has 0 fully saturated rings. The predicted octanol–water partition coefficient (Wildman–Crippen LogP) is 5.08. The van der Waals surface area contributed by atoms with Crippen molar-refractivity contribution in [2.24, 2.45) is 0 Å². The van der Waals surface area contributed by atoms with E-state index in [9.17, 15) is 4.79 Å². The molecule has 3 rings (SSSR count). The van der Waals surface area contributed by atoms with Crippen molar-refractivity contribution in [3.05, 3.63) is 75.6 Å². The first-order valence-electron chi connectivity index (χ1n) is 11.4. The molecular formula is C26H34N4OS. The monoisotopic (exact) mass is 450 g/mol. The molecule has 0 atom stereocenters. The van der Waals surface area contributed by atoms with Crippen LogP contribution in [0.5, 0.6) is 0 Å². The SMILES string of the molecule is CCN(CC)CCCN(Cc1cc2c(C)cc(C)cc2[nH]c1=O)C(=S)Nc1ccccc1. The number of rotatable bonds is 9. The van der Waals surface area contributed by atoms with Crippen LogP contribution in [0.2, 0.25) is 0 Å². The summed E-state index contributed by atoms with van der Waals surface area (Å²) in [6.07, 6.45) is 0.974. The number of aryl methyl sites for hydroxylation is 2. The highest BCUT2D eigenvalue weighted by atomic mass is 32.1. The average Bonchev–Trinajstić information content (AvgIpc) is 2.77. The maximum absolute atomic E-state index is 12.9. The van der Waals surface area contributed by atoms with Crippen LogP contribution in [-0.4, -0.2) is 46.1 Å². The largest absolute Gasteiger partial charge is 0.344 e. The van der Waals surface area contributed by atoms with Crippen LogP contribution in [0.25, 0.3) is 10.9 Å². The molecule has 32 heavy (non-hydrogen) atoms. The van der Waals surface area contributed by atoms with Crippen molar-refractivity contribution < 1.29 is 0 Å². The standard InChI is InChI=1S/C26H34N4OS/c1-5-29(6-2)13-10-14-30(26(32)27-22-11-8-7-9-12-22)18-21-17-23-20(4)15-19(3)16-24(23)28-25(21)31/h7-9,11-12,15-17H,5-6,10,13-14,18H2,1-4H3,(H,27,32)(H,28,31). The lowest BCUT2D eigenvalue weighted by molar-refractivity contribution is 0.281. The topological polar surface area (TPSA) is 51.4 Å². The number of hydrogen-bond donors (Lipinski definition) is 2. The molecule has 2 N–H and O–H groups in total. The first-order valence-corrected chi connectivity index (χ1v) is 11.8. The highest BCUT2D eigenvalue weighted by Crippen LogP contribution is 2.19. The van der Waals surface area contributed by atoms with Gasteiger partial charge in [-0.1, -0.05) is 38.1 Å². The lowest BCUT2D eigenvalue weighted by Crippen LogP contribution is -2.38. The van der Waals surface area contributed by atoms with E-state index in [-0.39, 0.29) is 5.56 Å². The molecule has 0 aliphatic carbocycles. The predicted molar refractivity (Wildman–Crippen MR) is 140 cm³/mol. The Hall–Kier alpha value is -2.70. The Labute approximate surface area is 196 Å². The van der Waals surface area contributed by atoms with Crippen molar-refractivity contribution in [2.45, 2.75) is 40.7 Å². The summed E-state index contributed by atoms with van der Waals surface area (Å²) in [7, 11) is 0. The van der Waals surface area contributed by atoms with Gasteiger partial charge in [-0.15, -0.1) is 0 Å². The smallest absolute Gasteiger partial charge is 0.253 e. The van der Waals surface area contributed by atoms with Gasteiger partial charge in [-0.05, 0) is 87.5 Å². The molecule has 0 saturated carbocycles. The second-order valence-electron chi connectivity index (χ2n) is 8.26. The van der Waals surface area contributed by atoms with Gasteiger partial charge in [0, 0.05) is 28.7 Å². The number of aromatic nitrogens is 1. The third-order valence-electron chi connectivity index (χ3n) is 5.86. The maximum atomic E-state index is 12.9. The molecule has 0 bridgehead atoms. The van der Waals surface area contributed by atoms with E-state index in [1.165, 1.54) is 0 Å². The van der Waals surface area contributed by atoms with Gasteiger partial charge >= 0.3 is 0 Å². The molecule has 0 amide bonds. The minimum absolute atomic E-state index is 0.0567. The normalized spacial score (nSPS) is 11.2. The summed E-state index contributed by atoms with van der Waals surface area (Å²) in [6.45, 7) is 12.8. The molecule has 170 valence electrons. The average molecular weight is 451 g/mol. The summed E-state index contributed by atoms with van der Waals surface area (Å²) in [5.74, 6) is 0. The number of pyridine rings is 1. The number of hydrogen-bond acceptors (Lipinski definition) is 3. The second kappa shape index (κ2) is 11.2. The number of aromatic amines is 1. The van der Waals surface area contributed by atoms with Gasteiger partial charge in [0.25, 0.3) is 5.56 Å². The van der Waals surface area contributed by atoms with Crippen molar-refractivity contribution in [1.29, 1.82) is 0 Å². The highest BCUT2D eigenvalue weighted by molar-refractivity contribution is 7.80. The number of thiocarbonyl (C=S) groups is 1. The Morgan fingerprint density at radius 3 is 2.44 bits per heavy atom. The Morgan fingerprint density at radius 1 is 1.03 bits per heavy atom. The number of benzene rings is 2. The number of nitrogens with zero attached hydrogens (tertiary/aromatic N) is 2. The molecule has 6 heteroatoms. The molecule has 0 aliphatic heterocycles. The first kappa shape index (κ1) is 24.0. The number of fused-ring (bicyclic) bond motifs is 1. The third-order valence-corrected chi connectivity index (χ3v) is 6.22. The number of para-hydroxylation sites is 1. The van der Waals surface area contributed by atoms with Crippen LogP contribution < -0.4 is 10.9 Å². The molecular weight excluding hydrogens is 416 g/mol. The molecule has 1 heterocycles. The molecule has 5 nitrogen and oxygen atoms in total. The Kier molecular flexibility index (Phi) is 8.42. The minimum atomic E-state index is -0.0567. The third kappa shape index (κ3) is 6.17. The molecule has 0 spiro atoms. The van der Waals surface area contributed by atoms with Gasteiger partial charge in [0.2, 0.25) is 0 Å². The van der Waals surface area contributed by atoms with E-state index in [0.717, 1.165) is 65.9 Å². The van der Waals surface area contributed by atoms with Crippen LogP contribution in [-0.2, 0) is 6.54 Å². The molecule has 1 aromatic heterocycles. The van der Waals surface area contributed by atoms with Crippen molar-refractivity contribution in [1.82, 2.24) is 14.8 Å². The molecule has 0 aliphatic rings. The van der Waals surface area contributed by atoms with Crippen LogP contribution in [0, 0.1) is 13.8 Å². The Morgan fingerprint density at radius 2 is 1.75 bits per heavy atom. The van der Waals surface area contributed by atoms with Crippen LogP contribution in [0.3, 0.4) is 0 Å². The van der Waals surface area contributed by atoms with Gasteiger partial charge in [-0.2, -0.15) is 0 Å². The molecule has 3 aromatic rings. The number of nitrogens with one attached hydrogen (secondary N) is 2. The van der Waals surface area contributed by atoms with E-state index in [1.54, 1.807) is 0 Å². The first-order chi connectivity index (χ1) is 15.4. The second-order valence-corrected chi connectivity index (χ2v) is 8.65. The van der Waals surface area contributed by atoms with Gasteiger partial charge in [0.05, 0.1) is 6.54 Å².